The van der Waals surface area contributed by atoms with Crippen LogP contribution in [-0.2, 0) is 14.3 Å². The number of carbonyl (C=O) groups excluding carboxylic acids is 3. The Bertz CT molecular complexity index is 1170. The van der Waals surface area contributed by atoms with Gasteiger partial charge in [-0.05, 0) is 49.2 Å². The second-order valence-electron chi connectivity index (χ2n) is 6.40. The average molecular weight is 434 g/mol. The molecular weight excluding hydrogens is 416 g/mol. The number of nitriles is 1. The van der Waals surface area contributed by atoms with E-state index in [-0.39, 0.29) is 52.7 Å². The molecule has 0 aromatic heterocycles. The van der Waals surface area contributed by atoms with Crippen LogP contribution in [0.5, 0.6) is 0 Å². The zero-order valence-corrected chi connectivity index (χ0v) is 17.2. The quantitative estimate of drug-likeness (QED) is 0.122. The van der Waals surface area contributed by atoms with E-state index in [9.17, 15) is 19.5 Å². The molecule has 2 aromatic carbocycles. The van der Waals surface area contributed by atoms with Crippen molar-refractivity contribution in [1.82, 2.24) is 0 Å². The summed E-state index contributed by atoms with van der Waals surface area (Å²) in [5.41, 5.74) is 9.40. The van der Waals surface area contributed by atoms with Gasteiger partial charge in [-0.25, -0.2) is 9.59 Å². The van der Waals surface area contributed by atoms with Gasteiger partial charge in [-0.15, -0.1) is 0 Å². The average Bonchev–Trinajstić information content (AvgIpc) is 2.76. The van der Waals surface area contributed by atoms with Crippen LogP contribution in [-0.4, -0.2) is 36.0 Å². The summed E-state index contributed by atoms with van der Waals surface area (Å²) in [6.07, 6.45) is 0. The highest BCUT2D eigenvalue weighted by atomic mass is 16.6. The predicted octanol–water partition coefficient (Wildman–Crippen LogP) is 4.39. The molecule has 0 unspecified atom stereocenters. The van der Waals surface area contributed by atoms with Gasteiger partial charge < -0.3 is 14.6 Å². The zero-order chi connectivity index (χ0) is 23.7. The highest BCUT2D eigenvalue weighted by Gasteiger charge is 2.15. The molecule has 0 fully saturated rings. The lowest BCUT2D eigenvalue weighted by Crippen LogP contribution is -2.15. The van der Waals surface area contributed by atoms with Gasteiger partial charge in [0.1, 0.15) is 25.0 Å². The van der Waals surface area contributed by atoms with Crippen LogP contribution in [0.4, 0.5) is 5.69 Å². The summed E-state index contributed by atoms with van der Waals surface area (Å²) in [5.74, 6) is -1.90. The van der Waals surface area contributed by atoms with Gasteiger partial charge in [-0.3, -0.25) is 4.79 Å². The van der Waals surface area contributed by atoms with Crippen LogP contribution in [0.25, 0.3) is 16.0 Å². The van der Waals surface area contributed by atoms with Crippen LogP contribution in [0.1, 0.15) is 45.7 Å². The molecule has 10 heteroatoms. The van der Waals surface area contributed by atoms with Crippen molar-refractivity contribution < 1.29 is 29.0 Å². The lowest BCUT2D eigenvalue weighted by Gasteiger charge is -2.09. The number of Topliss-reactive ketones (excluding diaryl/α,β-unsaturated/α-hetero) is 1. The van der Waals surface area contributed by atoms with Gasteiger partial charge >= 0.3 is 11.9 Å². The lowest BCUT2D eigenvalue weighted by atomic mass is 10.00. The van der Waals surface area contributed by atoms with Crippen molar-refractivity contribution in [3.8, 4) is 6.07 Å². The highest BCUT2D eigenvalue weighted by molar-refractivity contribution is 6.20. The van der Waals surface area contributed by atoms with Crippen molar-refractivity contribution in [3.63, 3.8) is 0 Å². The maximum Gasteiger partial charge on any atom is 0.339 e. The van der Waals surface area contributed by atoms with Crippen molar-refractivity contribution in [2.24, 2.45) is 5.11 Å². The van der Waals surface area contributed by atoms with Gasteiger partial charge in [0.05, 0.1) is 22.3 Å². The molecule has 0 bridgehead atoms. The van der Waals surface area contributed by atoms with E-state index in [2.05, 4.69) is 10.0 Å². The first-order chi connectivity index (χ1) is 15.3. The van der Waals surface area contributed by atoms with Crippen molar-refractivity contribution in [3.05, 3.63) is 80.9 Å². The van der Waals surface area contributed by atoms with Gasteiger partial charge in [0.15, 0.2) is 5.78 Å². The summed E-state index contributed by atoms with van der Waals surface area (Å²) >= 11 is 0. The molecule has 0 aliphatic rings. The number of esters is 2. The number of hydrogen-bond donors (Lipinski definition) is 1. The van der Waals surface area contributed by atoms with Gasteiger partial charge in [0.2, 0.25) is 0 Å². The number of rotatable bonds is 8. The molecule has 0 aliphatic carbocycles. The monoisotopic (exact) mass is 434 g/mol. The van der Waals surface area contributed by atoms with Gasteiger partial charge in [0, 0.05) is 10.6 Å². The third-order valence-corrected chi connectivity index (χ3v) is 4.18. The number of aliphatic hydroxyl groups is 1. The standard InChI is InChI=1S/C22H18N4O6/c1-13(27)20(14(2)28)15-3-5-16(6-4-15)21(29)31-9-10-32-22(30)19-8-7-18(25-26-24)11-17(19)12-23/h3-8,11,27H,9-10H2,1-2H3/b20-13+. The first-order valence-corrected chi connectivity index (χ1v) is 9.23. The number of ether oxygens (including phenoxy) is 2. The zero-order valence-electron chi connectivity index (χ0n) is 17.2. The molecule has 2 aromatic rings. The van der Waals surface area contributed by atoms with E-state index in [4.69, 9.17) is 20.3 Å². The van der Waals surface area contributed by atoms with E-state index >= 15 is 0 Å². The summed E-state index contributed by atoms with van der Waals surface area (Å²) in [4.78, 5) is 38.5. The molecule has 0 atom stereocenters. The molecule has 2 rings (SSSR count). The molecular formula is C22H18N4O6. The molecule has 0 heterocycles. The minimum Gasteiger partial charge on any atom is -0.512 e. The van der Waals surface area contributed by atoms with Crippen LogP contribution in [0.2, 0.25) is 0 Å². The van der Waals surface area contributed by atoms with Gasteiger partial charge in [-0.1, -0.05) is 23.3 Å². The van der Waals surface area contributed by atoms with E-state index in [1.165, 1.54) is 56.3 Å². The van der Waals surface area contributed by atoms with Crippen LogP contribution in [0.15, 0.2) is 53.3 Å². The third-order valence-electron chi connectivity index (χ3n) is 4.18. The van der Waals surface area contributed by atoms with Crippen molar-refractivity contribution in [2.75, 3.05) is 13.2 Å². The van der Waals surface area contributed by atoms with Crippen molar-refractivity contribution >= 4 is 29.0 Å². The molecule has 0 saturated carbocycles. The molecule has 10 nitrogen and oxygen atoms in total. The fraction of sp³-hybridized carbons (Fsp3) is 0.182. The number of benzene rings is 2. The molecule has 0 saturated heterocycles. The Balaban J connectivity index is 1.93. The van der Waals surface area contributed by atoms with Crippen molar-refractivity contribution in [1.29, 1.82) is 5.26 Å². The second kappa shape index (κ2) is 11.0. The Kier molecular flexibility index (Phi) is 8.11. The second-order valence-corrected chi connectivity index (χ2v) is 6.40. The number of carbonyl (C=O) groups is 3. The Hall–Kier alpha value is -4.61. The Morgan fingerprint density at radius 3 is 2.16 bits per heavy atom. The normalized spacial score (nSPS) is 10.8. The Labute approximate surface area is 182 Å². The van der Waals surface area contributed by atoms with Gasteiger partial charge in [0.25, 0.3) is 0 Å². The summed E-state index contributed by atoms with van der Waals surface area (Å²) in [7, 11) is 0. The topological polar surface area (TPSA) is 162 Å². The van der Waals surface area contributed by atoms with E-state index in [0.29, 0.717) is 5.56 Å². The van der Waals surface area contributed by atoms with Crippen LogP contribution in [0, 0.1) is 11.3 Å². The summed E-state index contributed by atoms with van der Waals surface area (Å²) in [5, 5.41) is 22.2. The van der Waals surface area contributed by atoms with E-state index < -0.39 is 11.9 Å². The lowest BCUT2D eigenvalue weighted by molar-refractivity contribution is -0.111. The fourth-order valence-electron chi connectivity index (χ4n) is 2.79. The largest absolute Gasteiger partial charge is 0.512 e. The first-order valence-electron chi connectivity index (χ1n) is 9.23. The van der Waals surface area contributed by atoms with Crippen LogP contribution < -0.4 is 0 Å². The smallest absolute Gasteiger partial charge is 0.339 e. The molecule has 1 N–H and O–H groups in total. The maximum absolute atomic E-state index is 12.2. The number of ketones is 1. The fourth-order valence-corrected chi connectivity index (χ4v) is 2.79. The summed E-state index contributed by atoms with van der Waals surface area (Å²) in [6.45, 7) is 2.26. The van der Waals surface area contributed by atoms with E-state index in [1.54, 1.807) is 0 Å². The number of hydrogen-bond acceptors (Lipinski definition) is 8. The summed E-state index contributed by atoms with van der Waals surface area (Å²) < 4.78 is 10.1. The molecule has 0 aliphatic heterocycles. The molecule has 162 valence electrons. The number of allylic oxidation sites excluding steroid dienone is 2. The SMILES string of the molecule is CC(=O)/C(=C(/C)O)c1ccc(C(=O)OCCOC(=O)c2ccc(N=[N+]=[N-])cc2C#N)cc1. The maximum atomic E-state index is 12.2. The molecule has 32 heavy (non-hydrogen) atoms. The van der Waals surface area contributed by atoms with Gasteiger partial charge in [-0.2, -0.15) is 5.26 Å². The van der Waals surface area contributed by atoms with E-state index in [0.717, 1.165) is 0 Å². The first kappa shape index (κ1) is 23.7. The Morgan fingerprint density at radius 2 is 1.62 bits per heavy atom. The Morgan fingerprint density at radius 1 is 1.03 bits per heavy atom. The minimum atomic E-state index is -0.794. The summed E-state index contributed by atoms with van der Waals surface area (Å²) in [6, 6.07) is 11.7. The molecule has 0 radical (unpaired) electrons. The highest BCUT2D eigenvalue weighted by Crippen LogP contribution is 2.20. The van der Waals surface area contributed by atoms with E-state index in [1.807, 2.05) is 6.07 Å². The minimum absolute atomic E-state index is 0.0141. The predicted molar refractivity (Wildman–Crippen MR) is 113 cm³/mol. The third kappa shape index (κ3) is 5.95. The van der Waals surface area contributed by atoms with Crippen LogP contribution in [0.3, 0.4) is 0 Å². The van der Waals surface area contributed by atoms with Crippen LogP contribution >= 0.6 is 0 Å². The molecule has 0 spiro atoms. The molecule has 0 amide bonds. The number of nitrogens with zero attached hydrogens (tertiary/aromatic N) is 4. The number of aliphatic hydroxyl groups excluding tert-OH is 1. The number of azide groups is 1. The van der Waals surface area contributed by atoms with Crippen molar-refractivity contribution in [2.45, 2.75) is 13.8 Å².